The fourth-order valence-corrected chi connectivity index (χ4v) is 2.31. The summed E-state index contributed by atoms with van der Waals surface area (Å²) in [5.74, 6) is 0.0277. The van der Waals surface area contributed by atoms with E-state index in [1.807, 2.05) is 20.8 Å². The summed E-state index contributed by atoms with van der Waals surface area (Å²) in [6.07, 6.45) is 1.43. The Morgan fingerprint density at radius 1 is 1.25 bits per heavy atom. The molecular weight excluding hydrogens is 298 g/mol. The third kappa shape index (κ3) is 4.80. The molecule has 0 aliphatic heterocycles. The number of carbonyl (C=O) groups excluding carboxylic acids is 1. The van der Waals surface area contributed by atoms with Crippen molar-refractivity contribution in [2.45, 2.75) is 38.5 Å². The zero-order valence-corrected chi connectivity index (χ0v) is 13.5. The van der Waals surface area contributed by atoms with E-state index in [1.165, 1.54) is 12.1 Å². The highest BCUT2D eigenvalue weighted by Crippen LogP contribution is 2.19. The van der Waals surface area contributed by atoms with Crippen LogP contribution in [0.25, 0.3) is 0 Å². The molecule has 1 N–H and O–H groups in total. The third-order valence-electron chi connectivity index (χ3n) is 3.40. The zero-order valence-electron chi connectivity index (χ0n) is 11.9. The predicted molar refractivity (Wildman–Crippen MR) is 80.3 cm³/mol. The normalized spacial score (nSPS) is 12.2. The van der Waals surface area contributed by atoms with Crippen molar-refractivity contribution in [3.8, 4) is 0 Å². The molecular formula is C14H20ClNO3S. The Labute approximate surface area is 124 Å². The average molecular weight is 318 g/mol. The Kier molecular flexibility index (Phi) is 5.59. The topological polar surface area (TPSA) is 63.2 Å². The molecule has 1 aromatic carbocycles. The largest absolute Gasteiger partial charge is 0.355 e. The molecule has 0 radical (unpaired) electrons. The van der Waals surface area contributed by atoms with E-state index < -0.39 is 9.05 Å². The Morgan fingerprint density at radius 2 is 1.80 bits per heavy atom. The number of halogens is 1. The Bertz CT molecular complexity index is 565. The Morgan fingerprint density at radius 3 is 2.25 bits per heavy atom. The van der Waals surface area contributed by atoms with Crippen LogP contribution in [0.3, 0.4) is 0 Å². The summed E-state index contributed by atoms with van der Waals surface area (Å²) in [7, 11) is 1.56. The second-order valence-corrected chi connectivity index (χ2v) is 7.89. The third-order valence-corrected chi connectivity index (χ3v) is 4.77. The first-order valence-corrected chi connectivity index (χ1v) is 8.79. The maximum atomic E-state index is 11.9. The average Bonchev–Trinajstić information content (AvgIpc) is 2.38. The number of benzene rings is 1. The van der Waals surface area contributed by atoms with Crippen molar-refractivity contribution in [3.05, 3.63) is 29.8 Å². The van der Waals surface area contributed by atoms with Gasteiger partial charge in [0.2, 0.25) is 5.91 Å². The van der Waals surface area contributed by atoms with Crippen molar-refractivity contribution in [1.82, 2.24) is 5.32 Å². The SMILES string of the molecule is CCC(C)(C)C(=O)NCCc1ccc(S(=O)(=O)Cl)cc1. The quantitative estimate of drug-likeness (QED) is 0.820. The van der Waals surface area contributed by atoms with Crippen LogP contribution in [0.4, 0.5) is 0 Å². The number of hydrogen-bond donors (Lipinski definition) is 1. The first-order valence-electron chi connectivity index (χ1n) is 6.49. The lowest BCUT2D eigenvalue weighted by atomic mass is 9.89. The first-order chi connectivity index (χ1) is 9.16. The predicted octanol–water partition coefficient (Wildman–Crippen LogP) is 2.71. The van der Waals surface area contributed by atoms with E-state index in [9.17, 15) is 13.2 Å². The van der Waals surface area contributed by atoms with E-state index in [2.05, 4.69) is 5.32 Å². The highest BCUT2D eigenvalue weighted by molar-refractivity contribution is 8.13. The molecule has 0 aliphatic carbocycles. The van der Waals surface area contributed by atoms with Crippen molar-refractivity contribution < 1.29 is 13.2 Å². The van der Waals surface area contributed by atoms with Gasteiger partial charge in [-0.2, -0.15) is 0 Å². The Balaban J connectivity index is 2.54. The van der Waals surface area contributed by atoms with E-state index in [4.69, 9.17) is 10.7 Å². The highest BCUT2D eigenvalue weighted by Gasteiger charge is 2.24. The number of rotatable bonds is 6. The fourth-order valence-electron chi connectivity index (χ4n) is 1.54. The van der Waals surface area contributed by atoms with Gasteiger partial charge in [0, 0.05) is 22.6 Å². The van der Waals surface area contributed by atoms with Gasteiger partial charge < -0.3 is 5.32 Å². The lowest BCUT2D eigenvalue weighted by Crippen LogP contribution is -2.37. The van der Waals surface area contributed by atoms with Crippen molar-refractivity contribution >= 4 is 25.6 Å². The van der Waals surface area contributed by atoms with Gasteiger partial charge in [-0.3, -0.25) is 4.79 Å². The summed E-state index contributed by atoms with van der Waals surface area (Å²) in [5.41, 5.74) is 0.583. The number of nitrogens with one attached hydrogen (secondary N) is 1. The number of hydrogen-bond acceptors (Lipinski definition) is 3. The van der Waals surface area contributed by atoms with E-state index in [0.717, 1.165) is 12.0 Å². The molecule has 1 amide bonds. The molecule has 0 heterocycles. The smallest absolute Gasteiger partial charge is 0.261 e. The van der Waals surface area contributed by atoms with Crippen LogP contribution in [0.5, 0.6) is 0 Å². The summed E-state index contributed by atoms with van der Waals surface area (Å²) in [5, 5.41) is 2.88. The summed E-state index contributed by atoms with van der Waals surface area (Å²) in [4.78, 5) is 11.9. The second-order valence-electron chi connectivity index (χ2n) is 5.33. The molecule has 1 aromatic rings. The molecule has 0 atom stereocenters. The molecule has 0 aromatic heterocycles. The molecule has 1 rings (SSSR count). The zero-order chi connectivity index (χ0) is 15.4. The highest BCUT2D eigenvalue weighted by atomic mass is 35.7. The van der Waals surface area contributed by atoms with Crippen LogP contribution < -0.4 is 5.32 Å². The molecule has 6 heteroatoms. The maximum absolute atomic E-state index is 11.9. The summed E-state index contributed by atoms with van der Waals surface area (Å²) >= 11 is 0. The molecule has 4 nitrogen and oxygen atoms in total. The van der Waals surface area contributed by atoms with E-state index in [-0.39, 0.29) is 16.2 Å². The van der Waals surface area contributed by atoms with Gasteiger partial charge in [-0.15, -0.1) is 0 Å². The van der Waals surface area contributed by atoms with E-state index in [1.54, 1.807) is 12.1 Å². The molecule has 112 valence electrons. The van der Waals surface area contributed by atoms with Crippen molar-refractivity contribution in [1.29, 1.82) is 0 Å². The van der Waals surface area contributed by atoms with Crippen molar-refractivity contribution in [3.63, 3.8) is 0 Å². The molecule has 0 saturated carbocycles. The minimum Gasteiger partial charge on any atom is -0.355 e. The van der Waals surface area contributed by atoms with Crippen LogP contribution in [0, 0.1) is 5.41 Å². The van der Waals surface area contributed by atoms with Crippen molar-refractivity contribution in [2.24, 2.45) is 5.41 Å². The van der Waals surface area contributed by atoms with Gasteiger partial charge in [0.1, 0.15) is 0 Å². The maximum Gasteiger partial charge on any atom is 0.261 e. The van der Waals surface area contributed by atoms with Gasteiger partial charge in [0.15, 0.2) is 0 Å². The molecule has 0 saturated heterocycles. The van der Waals surface area contributed by atoms with Gasteiger partial charge in [0.05, 0.1) is 4.90 Å². The van der Waals surface area contributed by atoms with Crippen LogP contribution in [0.15, 0.2) is 29.2 Å². The molecule has 0 aliphatic rings. The summed E-state index contributed by atoms with van der Waals surface area (Å²) in [6, 6.07) is 6.34. The van der Waals surface area contributed by atoms with E-state index >= 15 is 0 Å². The standard InChI is InChI=1S/C14H20ClNO3S/c1-4-14(2,3)13(17)16-10-9-11-5-7-12(8-6-11)20(15,18)19/h5-8H,4,9-10H2,1-3H3,(H,16,17). The van der Waals surface area contributed by atoms with Gasteiger partial charge in [-0.05, 0) is 30.5 Å². The van der Waals surface area contributed by atoms with Gasteiger partial charge in [0.25, 0.3) is 9.05 Å². The molecule has 0 fully saturated rings. The number of amides is 1. The van der Waals surface area contributed by atoms with Crippen LogP contribution in [-0.4, -0.2) is 20.9 Å². The van der Waals surface area contributed by atoms with Gasteiger partial charge >= 0.3 is 0 Å². The van der Waals surface area contributed by atoms with Crippen LogP contribution in [0.1, 0.15) is 32.8 Å². The minimum absolute atomic E-state index is 0.0277. The number of carbonyl (C=O) groups is 1. The van der Waals surface area contributed by atoms with Gasteiger partial charge in [-0.25, -0.2) is 8.42 Å². The summed E-state index contributed by atoms with van der Waals surface area (Å²) in [6.45, 7) is 6.31. The van der Waals surface area contributed by atoms with Crippen LogP contribution in [-0.2, 0) is 20.3 Å². The minimum atomic E-state index is -3.67. The van der Waals surface area contributed by atoms with Crippen LogP contribution >= 0.6 is 10.7 Å². The lowest BCUT2D eigenvalue weighted by Gasteiger charge is -2.21. The van der Waals surface area contributed by atoms with E-state index in [0.29, 0.717) is 13.0 Å². The van der Waals surface area contributed by atoms with Gasteiger partial charge in [-0.1, -0.05) is 32.9 Å². The molecule has 0 spiro atoms. The Hall–Kier alpha value is -1.07. The second kappa shape index (κ2) is 6.59. The van der Waals surface area contributed by atoms with Crippen LogP contribution in [0.2, 0.25) is 0 Å². The molecule has 0 bridgehead atoms. The summed E-state index contributed by atoms with van der Waals surface area (Å²) < 4.78 is 22.2. The van der Waals surface area contributed by atoms with Crippen molar-refractivity contribution in [2.75, 3.05) is 6.54 Å². The fraction of sp³-hybridized carbons (Fsp3) is 0.500. The molecule has 0 unspecified atom stereocenters. The molecule has 20 heavy (non-hydrogen) atoms. The lowest BCUT2D eigenvalue weighted by molar-refractivity contribution is -0.129. The first kappa shape index (κ1) is 17.0. The monoisotopic (exact) mass is 317 g/mol.